The fourth-order valence-corrected chi connectivity index (χ4v) is 3.32. The molecule has 3 rings (SSSR count). The van der Waals surface area contributed by atoms with Gasteiger partial charge in [-0.1, -0.05) is 50.2 Å². The van der Waals surface area contributed by atoms with Crippen LogP contribution >= 0.6 is 12.4 Å². The molecule has 0 fully saturated rings. The highest BCUT2D eigenvalue weighted by atomic mass is 35.5. The molecule has 0 heterocycles. The second-order valence-electron chi connectivity index (χ2n) is 7.70. The Hall–Kier alpha value is -3.42. The molecule has 0 unspecified atom stereocenters. The van der Waals surface area contributed by atoms with Crippen molar-refractivity contribution in [2.75, 3.05) is 18.0 Å². The molecular weight excluding hydrogens is 442 g/mol. The number of nitrogens with two attached hydrogens (primary N) is 1. The van der Waals surface area contributed by atoms with Crippen LogP contribution in [-0.2, 0) is 6.61 Å². The van der Waals surface area contributed by atoms with E-state index in [1.807, 2.05) is 0 Å². The third kappa shape index (κ3) is 6.54. The first-order valence-electron chi connectivity index (χ1n) is 10.5. The van der Waals surface area contributed by atoms with Gasteiger partial charge in [0.05, 0.1) is 4.92 Å². The molecule has 33 heavy (non-hydrogen) atoms. The van der Waals surface area contributed by atoms with E-state index in [1.54, 1.807) is 30.3 Å². The molecule has 0 spiro atoms. The van der Waals surface area contributed by atoms with E-state index >= 15 is 0 Å². The molecule has 0 aliphatic heterocycles. The Kier molecular flexibility index (Phi) is 9.39. The summed E-state index contributed by atoms with van der Waals surface area (Å²) in [4.78, 5) is 25.3. The van der Waals surface area contributed by atoms with Gasteiger partial charge in [0.1, 0.15) is 17.9 Å². The molecule has 0 radical (unpaired) electrons. The van der Waals surface area contributed by atoms with Crippen LogP contribution in [0.5, 0.6) is 5.75 Å². The van der Waals surface area contributed by atoms with E-state index in [1.165, 1.54) is 28.7 Å². The molecule has 1 amide bonds. The van der Waals surface area contributed by atoms with Crippen molar-refractivity contribution in [2.45, 2.75) is 26.4 Å². The van der Waals surface area contributed by atoms with Crippen molar-refractivity contribution in [3.63, 3.8) is 0 Å². The van der Waals surface area contributed by atoms with E-state index in [4.69, 9.17) is 10.5 Å². The summed E-state index contributed by atoms with van der Waals surface area (Å²) >= 11 is 0. The molecule has 3 aromatic rings. The summed E-state index contributed by atoms with van der Waals surface area (Å²) in [6.07, 6.45) is 0. The first-order chi connectivity index (χ1) is 15.4. The van der Waals surface area contributed by atoms with Gasteiger partial charge in [0.15, 0.2) is 0 Å². The zero-order valence-corrected chi connectivity index (χ0v) is 19.5. The van der Waals surface area contributed by atoms with Gasteiger partial charge in [-0.25, -0.2) is 0 Å². The molecule has 0 aliphatic rings. The van der Waals surface area contributed by atoms with Crippen molar-refractivity contribution in [3.8, 4) is 5.75 Å². The highest BCUT2D eigenvalue weighted by Crippen LogP contribution is 2.25. The summed E-state index contributed by atoms with van der Waals surface area (Å²) in [7, 11) is 0. The minimum absolute atomic E-state index is 0. The predicted molar refractivity (Wildman–Crippen MR) is 132 cm³/mol. The Balaban J connectivity index is 0.00000385. The Bertz CT molecular complexity index is 1070. The average molecular weight is 470 g/mol. The molecule has 0 aromatic heterocycles. The Labute approximate surface area is 199 Å². The lowest BCUT2D eigenvalue weighted by molar-refractivity contribution is -0.385. The maximum Gasteiger partial charge on any atom is 0.282 e. The van der Waals surface area contributed by atoms with Crippen LogP contribution in [0.3, 0.4) is 0 Å². The number of rotatable bonds is 9. The summed E-state index contributed by atoms with van der Waals surface area (Å²) in [5.41, 5.74) is 8.42. The van der Waals surface area contributed by atoms with E-state index in [9.17, 15) is 14.9 Å². The minimum atomic E-state index is -0.557. The van der Waals surface area contributed by atoms with Crippen molar-refractivity contribution in [3.05, 3.63) is 99.6 Å². The average Bonchev–Trinajstić information content (AvgIpc) is 2.81. The molecule has 0 saturated heterocycles. The quantitative estimate of drug-likeness (QED) is 0.337. The monoisotopic (exact) mass is 469 g/mol. The number of nitro benzene ring substituents is 1. The number of nitrogens with zero attached hydrogens (tertiary/aromatic N) is 2. The Morgan fingerprint density at radius 1 is 1.03 bits per heavy atom. The van der Waals surface area contributed by atoms with E-state index in [-0.39, 0.29) is 36.7 Å². The highest BCUT2D eigenvalue weighted by molar-refractivity contribution is 6.08. The molecule has 0 atom stereocenters. The molecular formula is C25H28ClN3O4. The van der Waals surface area contributed by atoms with Crippen molar-refractivity contribution in [2.24, 2.45) is 5.73 Å². The summed E-state index contributed by atoms with van der Waals surface area (Å²) in [5.74, 6) is 0.670. The first-order valence-corrected chi connectivity index (χ1v) is 10.5. The second-order valence-corrected chi connectivity index (χ2v) is 7.70. The minimum Gasteiger partial charge on any atom is -0.489 e. The van der Waals surface area contributed by atoms with Gasteiger partial charge in [0.25, 0.3) is 11.6 Å². The number of ether oxygens (including phenoxy) is 1. The van der Waals surface area contributed by atoms with Gasteiger partial charge in [-0.2, -0.15) is 0 Å². The van der Waals surface area contributed by atoms with Gasteiger partial charge in [-0.3, -0.25) is 14.9 Å². The van der Waals surface area contributed by atoms with Crippen LogP contribution in [-0.4, -0.2) is 23.9 Å². The van der Waals surface area contributed by atoms with Crippen LogP contribution in [0.25, 0.3) is 0 Å². The first kappa shape index (κ1) is 25.8. The van der Waals surface area contributed by atoms with E-state index < -0.39 is 10.8 Å². The van der Waals surface area contributed by atoms with E-state index in [0.717, 1.165) is 5.56 Å². The van der Waals surface area contributed by atoms with Gasteiger partial charge in [0, 0.05) is 24.8 Å². The van der Waals surface area contributed by atoms with Gasteiger partial charge in [-0.15, -0.1) is 12.4 Å². The third-order valence-electron chi connectivity index (χ3n) is 5.13. The zero-order valence-electron chi connectivity index (χ0n) is 18.6. The van der Waals surface area contributed by atoms with Crippen LogP contribution in [0.15, 0.2) is 72.8 Å². The zero-order chi connectivity index (χ0) is 23.1. The molecule has 3 aromatic carbocycles. The van der Waals surface area contributed by atoms with Crippen LogP contribution in [0, 0.1) is 10.1 Å². The number of hydrogen-bond acceptors (Lipinski definition) is 5. The van der Waals surface area contributed by atoms with Crippen molar-refractivity contribution >= 4 is 29.7 Å². The van der Waals surface area contributed by atoms with Crippen molar-refractivity contribution < 1.29 is 14.5 Å². The number of hydrogen-bond donors (Lipinski definition) is 1. The van der Waals surface area contributed by atoms with Crippen LogP contribution in [0.1, 0.15) is 41.3 Å². The molecule has 2 N–H and O–H groups in total. The maximum atomic E-state index is 13.1. The number of halogens is 1. The molecule has 0 bridgehead atoms. The number of carbonyl (C=O) groups is 1. The normalized spacial score (nSPS) is 10.4. The smallest absolute Gasteiger partial charge is 0.282 e. The van der Waals surface area contributed by atoms with Gasteiger partial charge in [-0.05, 0) is 47.4 Å². The SMILES string of the molecule is CC(C)c1ccc(COc2ccc(N(CCN)C(=O)c3ccccc3[N+](=O)[O-])cc2)cc1.Cl. The summed E-state index contributed by atoms with van der Waals surface area (Å²) < 4.78 is 5.87. The Morgan fingerprint density at radius 3 is 2.24 bits per heavy atom. The summed E-state index contributed by atoms with van der Waals surface area (Å²) in [5, 5.41) is 11.3. The number of para-hydroxylation sites is 1. The van der Waals surface area contributed by atoms with Crippen LogP contribution in [0.4, 0.5) is 11.4 Å². The number of anilines is 1. The largest absolute Gasteiger partial charge is 0.489 e. The van der Waals surface area contributed by atoms with E-state index in [0.29, 0.717) is 24.0 Å². The fourth-order valence-electron chi connectivity index (χ4n) is 3.32. The summed E-state index contributed by atoms with van der Waals surface area (Å²) in [6, 6.07) is 21.3. The van der Waals surface area contributed by atoms with E-state index in [2.05, 4.69) is 38.1 Å². The van der Waals surface area contributed by atoms with Crippen LogP contribution < -0.4 is 15.4 Å². The van der Waals surface area contributed by atoms with Crippen molar-refractivity contribution in [1.82, 2.24) is 0 Å². The molecule has 174 valence electrons. The lowest BCUT2D eigenvalue weighted by Crippen LogP contribution is -2.35. The standard InChI is InChI=1S/C25H27N3O4.ClH/c1-18(2)20-9-7-19(8-10-20)17-32-22-13-11-21(12-14-22)27(16-15-26)25(29)23-5-3-4-6-24(23)28(30)31;/h3-14,18H,15-17,26H2,1-2H3;1H. The fraction of sp³-hybridized carbons (Fsp3) is 0.240. The second kappa shape index (κ2) is 12.0. The molecule has 0 saturated carbocycles. The Morgan fingerprint density at radius 2 is 1.67 bits per heavy atom. The number of carbonyl (C=O) groups excluding carboxylic acids is 1. The lowest BCUT2D eigenvalue weighted by Gasteiger charge is -2.22. The highest BCUT2D eigenvalue weighted by Gasteiger charge is 2.25. The third-order valence-corrected chi connectivity index (χ3v) is 5.13. The van der Waals surface area contributed by atoms with Gasteiger partial charge < -0.3 is 15.4 Å². The summed E-state index contributed by atoms with van der Waals surface area (Å²) in [6.45, 7) is 5.19. The van der Waals surface area contributed by atoms with Crippen LogP contribution in [0.2, 0.25) is 0 Å². The molecule has 8 heteroatoms. The van der Waals surface area contributed by atoms with Gasteiger partial charge >= 0.3 is 0 Å². The lowest BCUT2D eigenvalue weighted by atomic mass is 10.0. The topological polar surface area (TPSA) is 98.7 Å². The number of benzene rings is 3. The number of nitro groups is 1. The maximum absolute atomic E-state index is 13.1. The number of amides is 1. The van der Waals surface area contributed by atoms with Crippen molar-refractivity contribution in [1.29, 1.82) is 0 Å². The van der Waals surface area contributed by atoms with Gasteiger partial charge in [0.2, 0.25) is 0 Å². The predicted octanol–water partition coefficient (Wildman–Crippen LogP) is 5.32. The molecule has 0 aliphatic carbocycles. The molecule has 7 nitrogen and oxygen atoms in total.